The minimum absolute atomic E-state index is 0.191. The first-order chi connectivity index (χ1) is 10.1. The quantitative estimate of drug-likeness (QED) is 0.787. The highest BCUT2D eigenvalue weighted by Gasteiger charge is 2.06. The third-order valence-electron chi connectivity index (χ3n) is 2.96. The number of aliphatic hydroxyl groups excluding tert-OH is 1. The first-order valence-electron chi connectivity index (χ1n) is 6.58. The summed E-state index contributed by atoms with van der Waals surface area (Å²) >= 11 is 0. The first-order valence-corrected chi connectivity index (χ1v) is 6.58. The molecule has 21 heavy (non-hydrogen) atoms. The summed E-state index contributed by atoms with van der Waals surface area (Å²) in [4.78, 5) is 11.7. The van der Waals surface area contributed by atoms with E-state index in [4.69, 9.17) is 5.11 Å². The molecular weight excluding hydrogens is 275 g/mol. The van der Waals surface area contributed by atoms with Gasteiger partial charge in [0.2, 0.25) is 0 Å². The van der Waals surface area contributed by atoms with Crippen molar-refractivity contribution in [2.24, 2.45) is 0 Å². The number of aromatic nitrogens is 2. The second-order valence-corrected chi connectivity index (χ2v) is 4.48. The summed E-state index contributed by atoms with van der Waals surface area (Å²) in [5.41, 5.74) is 1.44. The van der Waals surface area contributed by atoms with Crippen molar-refractivity contribution < 1.29 is 14.3 Å². The number of carbonyl (C=O) groups excluding carboxylic acids is 1. The average Bonchev–Trinajstić information content (AvgIpc) is 2.93. The highest BCUT2D eigenvalue weighted by atomic mass is 19.1. The molecule has 1 aromatic carbocycles. The predicted molar refractivity (Wildman–Crippen MR) is 76.1 cm³/mol. The molecule has 2 rings (SSSR count). The molecule has 0 saturated carbocycles. The number of halogens is 1. The number of anilines is 1. The zero-order valence-electron chi connectivity index (χ0n) is 11.6. The monoisotopic (exact) mass is 292 g/mol. The van der Waals surface area contributed by atoms with E-state index in [1.165, 1.54) is 12.1 Å². The number of rotatable bonds is 5. The van der Waals surface area contributed by atoms with Gasteiger partial charge in [-0.1, -0.05) is 12.1 Å². The molecule has 0 saturated heterocycles. The van der Waals surface area contributed by atoms with Crippen LogP contribution in [0.4, 0.5) is 14.9 Å². The van der Waals surface area contributed by atoms with Gasteiger partial charge in [-0.2, -0.15) is 5.10 Å². The van der Waals surface area contributed by atoms with Crippen molar-refractivity contribution in [3.05, 3.63) is 47.5 Å². The predicted octanol–water partition coefficient (Wildman–Crippen LogP) is 1.86. The van der Waals surface area contributed by atoms with Crippen LogP contribution in [0.15, 0.2) is 30.6 Å². The van der Waals surface area contributed by atoms with Crippen LogP contribution in [-0.4, -0.2) is 20.9 Å². The molecular formula is C14H17FN4O2. The molecule has 1 heterocycles. The van der Waals surface area contributed by atoms with E-state index in [1.54, 1.807) is 23.1 Å². The maximum Gasteiger partial charge on any atom is 0.319 e. The zero-order valence-corrected chi connectivity index (χ0v) is 11.6. The van der Waals surface area contributed by atoms with E-state index in [-0.39, 0.29) is 18.7 Å². The Morgan fingerprint density at radius 2 is 2.29 bits per heavy atom. The average molecular weight is 292 g/mol. The van der Waals surface area contributed by atoms with Crippen LogP contribution in [0.2, 0.25) is 0 Å². The molecule has 0 unspecified atom stereocenters. The molecule has 112 valence electrons. The van der Waals surface area contributed by atoms with Gasteiger partial charge in [0.05, 0.1) is 18.5 Å². The Balaban J connectivity index is 1.87. The maximum absolute atomic E-state index is 13.5. The van der Waals surface area contributed by atoms with Crippen LogP contribution in [0.1, 0.15) is 18.1 Å². The van der Waals surface area contributed by atoms with Crippen molar-refractivity contribution in [3.8, 4) is 0 Å². The lowest BCUT2D eigenvalue weighted by Crippen LogP contribution is -2.28. The molecule has 0 atom stereocenters. The van der Waals surface area contributed by atoms with Gasteiger partial charge in [-0.05, 0) is 18.6 Å². The lowest BCUT2D eigenvalue weighted by Gasteiger charge is -2.07. The molecule has 0 bridgehead atoms. The molecule has 2 amide bonds. The SMILES string of the molecule is CCn1cc(NC(=O)NCc2ccc(CO)c(F)c2)cn1. The number of carbonyl (C=O) groups is 1. The maximum atomic E-state index is 13.5. The van der Waals surface area contributed by atoms with Crippen LogP contribution < -0.4 is 10.6 Å². The lowest BCUT2D eigenvalue weighted by molar-refractivity contribution is 0.251. The van der Waals surface area contributed by atoms with Gasteiger partial charge < -0.3 is 15.7 Å². The molecule has 0 spiro atoms. The largest absolute Gasteiger partial charge is 0.392 e. The molecule has 0 aliphatic heterocycles. The Labute approximate surface area is 121 Å². The van der Waals surface area contributed by atoms with Crippen molar-refractivity contribution >= 4 is 11.7 Å². The fourth-order valence-electron chi connectivity index (χ4n) is 1.79. The van der Waals surface area contributed by atoms with Crippen LogP contribution in [0.5, 0.6) is 0 Å². The molecule has 7 heteroatoms. The summed E-state index contributed by atoms with van der Waals surface area (Å²) in [5.74, 6) is -0.485. The van der Waals surface area contributed by atoms with Crippen LogP contribution in [0.3, 0.4) is 0 Å². The molecule has 0 aliphatic carbocycles. The summed E-state index contributed by atoms with van der Waals surface area (Å²) in [6.07, 6.45) is 3.27. The zero-order chi connectivity index (χ0) is 15.2. The fraction of sp³-hybridized carbons (Fsp3) is 0.286. The number of aryl methyl sites for hydroxylation is 1. The smallest absolute Gasteiger partial charge is 0.319 e. The first kappa shape index (κ1) is 15.0. The van der Waals surface area contributed by atoms with Crippen LogP contribution in [0.25, 0.3) is 0 Å². The topological polar surface area (TPSA) is 79.2 Å². The number of urea groups is 1. The van der Waals surface area contributed by atoms with E-state index in [0.717, 1.165) is 6.54 Å². The Morgan fingerprint density at radius 3 is 2.90 bits per heavy atom. The molecule has 1 aromatic heterocycles. The number of amides is 2. The molecule has 3 N–H and O–H groups in total. The van der Waals surface area contributed by atoms with Gasteiger partial charge >= 0.3 is 6.03 Å². The number of benzene rings is 1. The van der Waals surface area contributed by atoms with Crippen LogP contribution >= 0.6 is 0 Å². The van der Waals surface area contributed by atoms with E-state index in [1.807, 2.05) is 6.92 Å². The number of aliphatic hydroxyl groups is 1. The van der Waals surface area contributed by atoms with Crippen molar-refractivity contribution in [1.29, 1.82) is 0 Å². The molecule has 0 radical (unpaired) electrons. The van der Waals surface area contributed by atoms with E-state index >= 15 is 0 Å². The van der Waals surface area contributed by atoms with Gasteiger partial charge in [-0.15, -0.1) is 0 Å². The molecule has 0 aliphatic rings. The number of nitrogens with zero attached hydrogens (tertiary/aromatic N) is 2. The summed E-state index contributed by atoms with van der Waals surface area (Å²) in [6, 6.07) is 4.05. The third kappa shape index (κ3) is 4.03. The number of hydrogen-bond donors (Lipinski definition) is 3. The standard InChI is InChI=1S/C14H17FN4O2/c1-2-19-8-12(7-17-19)18-14(21)16-6-10-3-4-11(9-20)13(15)5-10/h3-5,7-8,20H,2,6,9H2,1H3,(H2,16,18,21). The third-order valence-corrected chi connectivity index (χ3v) is 2.96. The Bertz CT molecular complexity index is 627. The molecule has 2 aromatic rings. The second-order valence-electron chi connectivity index (χ2n) is 4.48. The van der Waals surface area contributed by atoms with Crippen molar-refractivity contribution in [2.45, 2.75) is 26.6 Å². The molecule has 0 fully saturated rings. The highest BCUT2D eigenvalue weighted by molar-refractivity contribution is 5.88. The number of nitrogens with one attached hydrogen (secondary N) is 2. The minimum atomic E-state index is -0.485. The summed E-state index contributed by atoms with van der Waals surface area (Å²) in [5, 5.41) is 18.2. The lowest BCUT2D eigenvalue weighted by atomic mass is 10.1. The van der Waals surface area contributed by atoms with E-state index in [9.17, 15) is 9.18 Å². The van der Waals surface area contributed by atoms with Crippen molar-refractivity contribution in [1.82, 2.24) is 15.1 Å². The Kier molecular flexibility index (Phi) is 4.89. The minimum Gasteiger partial charge on any atom is -0.392 e. The van der Waals surface area contributed by atoms with E-state index < -0.39 is 11.8 Å². The van der Waals surface area contributed by atoms with E-state index in [2.05, 4.69) is 15.7 Å². The second kappa shape index (κ2) is 6.85. The Hall–Kier alpha value is -2.41. The highest BCUT2D eigenvalue weighted by Crippen LogP contribution is 2.10. The number of hydrogen-bond acceptors (Lipinski definition) is 3. The summed E-state index contributed by atoms with van der Waals surface area (Å²) in [7, 11) is 0. The van der Waals surface area contributed by atoms with Crippen molar-refractivity contribution in [3.63, 3.8) is 0 Å². The summed E-state index contributed by atoms with van der Waals surface area (Å²) < 4.78 is 15.2. The normalized spacial score (nSPS) is 10.4. The van der Waals surface area contributed by atoms with Crippen molar-refractivity contribution in [2.75, 3.05) is 5.32 Å². The van der Waals surface area contributed by atoms with Gasteiger partial charge in [0.15, 0.2) is 0 Å². The van der Waals surface area contributed by atoms with Gasteiger partial charge in [0.1, 0.15) is 5.82 Å². The van der Waals surface area contributed by atoms with Gasteiger partial charge in [-0.25, -0.2) is 9.18 Å². The fourth-order valence-corrected chi connectivity index (χ4v) is 1.79. The molecule has 6 nitrogen and oxygen atoms in total. The van der Waals surface area contributed by atoms with E-state index in [0.29, 0.717) is 11.3 Å². The van der Waals surface area contributed by atoms with Gasteiger partial charge in [0.25, 0.3) is 0 Å². The Morgan fingerprint density at radius 1 is 1.48 bits per heavy atom. The summed E-state index contributed by atoms with van der Waals surface area (Å²) in [6.45, 7) is 2.51. The van der Waals surface area contributed by atoms with Crippen LogP contribution in [-0.2, 0) is 19.7 Å². The van der Waals surface area contributed by atoms with Crippen LogP contribution in [0, 0.1) is 5.82 Å². The van der Waals surface area contributed by atoms with Gasteiger partial charge in [0, 0.05) is 24.8 Å². The van der Waals surface area contributed by atoms with Gasteiger partial charge in [-0.3, -0.25) is 4.68 Å².